The minimum absolute atomic E-state index is 0.141. The summed E-state index contributed by atoms with van der Waals surface area (Å²) in [6, 6.07) is 7.81. The molecule has 1 unspecified atom stereocenters. The van der Waals surface area contributed by atoms with Gasteiger partial charge >= 0.3 is 0 Å². The summed E-state index contributed by atoms with van der Waals surface area (Å²) >= 11 is 0. The molecule has 5 nitrogen and oxygen atoms in total. The summed E-state index contributed by atoms with van der Waals surface area (Å²) in [5.41, 5.74) is 1.67. The van der Waals surface area contributed by atoms with Crippen molar-refractivity contribution in [3.63, 3.8) is 0 Å². The number of aromatic nitrogens is 2. The lowest BCUT2D eigenvalue weighted by Gasteiger charge is -2.26. The highest BCUT2D eigenvalue weighted by molar-refractivity contribution is 5.72. The van der Waals surface area contributed by atoms with Gasteiger partial charge in [-0.3, -0.25) is 0 Å². The average molecular weight is 275 g/mol. The molecule has 2 aromatic rings. The van der Waals surface area contributed by atoms with Gasteiger partial charge in [0.1, 0.15) is 0 Å². The second-order valence-corrected chi connectivity index (χ2v) is 5.37. The van der Waals surface area contributed by atoms with Gasteiger partial charge in [-0.2, -0.15) is 4.98 Å². The molecular weight excluding hydrogens is 254 g/mol. The van der Waals surface area contributed by atoms with Crippen LogP contribution in [0, 0.1) is 12.3 Å². The van der Waals surface area contributed by atoms with Crippen LogP contribution in [0.1, 0.15) is 26.1 Å². The fourth-order valence-electron chi connectivity index (χ4n) is 1.83. The van der Waals surface area contributed by atoms with Crippen LogP contribution in [0.3, 0.4) is 0 Å². The maximum Gasteiger partial charge on any atom is 0.260 e. The fraction of sp³-hybridized carbons (Fsp3) is 0.467. The van der Waals surface area contributed by atoms with Crippen LogP contribution < -0.4 is 5.32 Å². The van der Waals surface area contributed by atoms with E-state index in [0.717, 1.165) is 17.7 Å². The van der Waals surface area contributed by atoms with E-state index in [-0.39, 0.29) is 12.0 Å². The Morgan fingerprint density at radius 2 is 2.10 bits per heavy atom. The molecule has 0 radical (unpaired) electrons. The van der Waals surface area contributed by atoms with Gasteiger partial charge in [0.25, 0.3) is 5.89 Å². The van der Waals surface area contributed by atoms with E-state index in [1.54, 1.807) is 6.92 Å². The quantitative estimate of drug-likeness (QED) is 0.848. The normalized spacial score (nSPS) is 14.0. The van der Waals surface area contributed by atoms with Crippen molar-refractivity contribution in [1.82, 2.24) is 10.1 Å². The highest BCUT2D eigenvalue weighted by atomic mass is 16.5. The van der Waals surface area contributed by atoms with Gasteiger partial charge in [-0.1, -0.05) is 31.1 Å². The van der Waals surface area contributed by atoms with Crippen LogP contribution in [-0.2, 0) is 0 Å². The van der Waals surface area contributed by atoms with Crippen molar-refractivity contribution >= 4 is 5.69 Å². The van der Waals surface area contributed by atoms with Crippen molar-refractivity contribution in [1.29, 1.82) is 0 Å². The minimum Gasteiger partial charge on any atom is -0.396 e. The zero-order valence-electron chi connectivity index (χ0n) is 12.2. The summed E-state index contributed by atoms with van der Waals surface area (Å²) in [6.07, 6.45) is 0.901. The Hall–Kier alpha value is -1.88. The molecule has 0 amide bonds. The summed E-state index contributed by atoms with van der Waals surface area (Å²) in [4.78, 5) is 4.26. The van der Waals surface area contributed by atoms with E-state index in [1.807, 2.05) is 24.3 Å². The molecule has 1 heterocycles. The average Bonchev–Trinajstić information content (AvgIpc) is 2.91. The predicted molar refractivity (Wildman–Crippen MR) is 78.4 cm³/mol. The van der Waals surface area contributed by atoms with Gasteiger partial charge in [0, 0.05) is 17.6 Å². The maximum absolute atomic E-state index is 9.47. The second kappa shape index (κ2) is 6.05. The summed E-state index contributed by atoms with van der Waals surface area (Å²) in [6.45, 7) is 6.76. The number of aliphatic hydroxyl groups is 1. The van der Waals surface area contributed by atoms with E-state index in [9.17, 15) is 5.11 Å². The summed E-state index contributed by atoms with van der Waals surface area (Å²) < 4.78 is 5.23. The lowest BCUT2D eigenvalue weighted by Crippen LogP contribution is -2.29. The lowest BCUT2D eigenvalue weighted by atomic mass is 9.88. The number of anilines is 1. The van der Waals surface area contributed by atoms with E-state index >= 15 is 0 Å². The smallest absolute Gasteiger partial charge is 0.260 e. The molecule has 108 valence electrons. The van der Waals surface area contributed by atoms with Crippen LogP contribution >= 0.6 is 0 Å². The molecule has 0 fully saturated rings. The predicted octanol–water partition coefficient (Wildman–Crippen LogP) is 2.87. The van der Waals surface area contributed by atoms with Crippen LogP contribution in [0.4, 0.5) is 5.69 Å². The van der Waals surface area contributed by atoms with Crippen LogP contribution in [0.5, 0.6) is 0 Å². The number of para-hydroxylation sites is 1. The lowest BCUT2D eigenvalue weighted by molar-refractivity contribution is 0.149. The molecule has 0 saturated heterocycles. The van der Waals surface area contributed by atoms with Crippen molar-refractivity contribution < 1.29 is 9.63 Å². The SMILES string of the molecule is CCC(C)(CO)CNc1ccccc1-c1nc(C)no1. The molecule has 0 spiro atoms. The van der Waals surface area contributed by atoms with Gasteiger partial charge in [-0.05, 0) is 25.5 Å². The summed E-state index contributed by atoms with van der Waals surface area (Å²) in [5.74, 6) is 1.12. The number of hydrogen-bond acceptors (Lipinski definition) is 5. The van der Waals surface area contributed by atoms with Crippen LogP contribution in [0.2, 0.25) is 0 Å². The van der Waals surface area contributed by atoms with E-state index in [4.69, 9.17) is 4.52 Å². The van der Waals surface area contributed by atoms with Gasteiger partial charge < -0.3 is 14.9 Å². The van der Waals surface area contributed by atoms with Gasteiger partial charge in [0.2, 0.25) is 0 Å². The van der Waals surface area contributed by atoms with E-state index in [0.29, 0.717) is 18.3 Å². The molecule has 0 aliphatic carbocycles. The number of nitrogens with one attached hydrogen (secondary N) is 1. The molecule has 0 saturated carbocycles. The summed E-state index contributed by atoms with van der Waals surface area (Å²) in [5, 5.41) is 16.7. The molecule has 2 N–H and O–H groups in total. The fourth-order valence-corrected chi connectivity index (χ4v) is 1.83. The van der Waals surface area contributed by atoms with Crippen molar-refractivity contribution in [2.45, 2.75) is 27.2 Å². The van der Waals surface area contributed by atoms with E-state index < -0.39 is 0 Å². The molecule has 20 heavy (non-hydrogen) atoms. The zero-order chi connectivity index (χ0) is 14.6. The third kappa shape index (κ3) is 3.17. The van der Waals surface area contributed by atoms with Gasteiger partial charge in [0.05, 0.1) is 12.2 Å². The number of aryl methyl sites for hydroxylation is 1. The number of hydrogen-bond donors (Lipinski definition) is 2. The Balaban J connectivity index is 2.21. The number of aliphatic hydroxyl groups excluding tert-OH is 1. The highest BCUT2D eigenvalue weighted by Gasteiger charge is 2.21. The van der Waals surface area contributed by atoms with Gasteiger partial charge in [-0.25, -0.2) is 0 Å². The molecule has 2 rings (SSSR count). The zero-order valence-corrected chi connectivity index (χ0v) is 12.2. The Bertz CT molecular complexity index is 562. The Labute approximate surface area is 119 Å². The monoisotopic (exact) mass is 275 g/mol. The molecule has 0 aliphatic heterocycles. The molecule has 1 atom stereocenters. The molecule has 1 aromatic heterocycles. The first-order chi connectivity index (χ1) is 9.58. The molecular formula is C15H21N3O2. The maximum atomic E-state index is 9.47. The Morgan fingerprint density at radius 1 is 1.35 bits per heavy atom. The van der Waals surface area contributed by atoms with Crippen molar-refractivity contribution in [3.8, 4) is 11.5 Å². The standard InChI is InChI=1S/C15H21N3O2/c1-4-15(3,10-19)9-16-13-8-6-5-7-12(13)14-17-11(2)18-20-14/h5-8,16,19H,4,9-10H2,1-3H3. The summed E-state index contributed by atoms with van der Waals surface area (Å²) in [7, 11) is 0. The highest BCUT2D eigenvalue weighted by Crippen LogP contribution is 2.28. The largest absolute Gasteiger partial charge is 0.396 e. The van der Waals surface area contributed by atoms with Crippen LogP contribution in [-0.4, -0.2) is 28.4 Å². The van der Waals surface area contributed by atoms with Crippen LogP contribution in [0.15, 0.2) is 28.8 Å². The van der Waals surface area contributed by atoms with Crippen molar-refractivity contribution in [2.24, 2.45) is 5.41 Å². The first kappa shape index (κ1) is 14.5. The van der Waals surface area contributed by atoms with Gasteiger partial charge in [0.15, 0.2) is 5.82 Å². The third-order valence-electron chi connectivity index (χ3n) is 3.63. The molecule has 5 heteroatoms. The minimum atomic E-state index is -0.141. The van der Waals surface area contributed by atoms with E-state index in [1.165, 1.54) is 0 Å². The third-order valence-corrected chi connectivity index (χ3v) is 3.63. The molecule has 1 aromatic carbocycles. The topological polar surface area (TPSA) is 71.2 Å². The molecule has 0 bridgehead atoms. The Morgan fingerprint density at radius 3 is 2.70 bits per heavy atom. The van der Waals surface area contributed by atoms with Crippen molar-refractivity contribution in [2.75, 3.05) is 18.5 Å². The number of nitrogens with zero attached hydrogens (tertiary/aromatic N) is 2. The first-order valence-corrected chi connectivity index (χ1v) is 6.82. The first-order valence-electron chi connectivity index (χ1n) is 6.82. The second-order valence-electron chi connectivity index (χ2n) is 5.37. The molecule has 0 aliphatic rings. The van der Waals surface area contributed by atoms with Crippen LogP contribution in [0.25, 0.3) is 11.5 Å². The number of rotatable bonds is 6. The number of benzene rings is 1. The van der Waals surface area contributed by atoms with Crippen molar-refractivity contribution in [3.05, 3.63) is 30.1 Å². The Kier molecular flexibility index (Phi) is 4.39. The van der Waals surface area contributed by atoms with Gasteiger partial charge in [-0.15, -0.1) is 0 Å². The van der Waals surface area contributed by atoms with E-state index in [2.05, 4.69) is 29.3 Å².